The van der Waals surface area contributed by atoms with Crippen molar-refractivity contribution in [2.45, 2.75) is 32.7 Å². The predicted octanol–water partition coefficient (Wildman–Crippen LogP) is 1.66. The molecule has 2 N–H and O–H groups in total. The van der Waals surface area contributed by atoms with E-state index in [0.29, 0.717) is 6.54 Å². The van der Waals surface area contributed by atoms with Gasteiger partial charge in [0.05, 0.1) is 0 Å². The normalized spacial score (nSPS) is 11.2. The summed E-state index contributed by atoms with van der Waals surface area (Å²) in [7, 11) is 0. The monoisotopic (exact) mass is 272 g/mol. The number of aromatic hydroxyl groups is 2. The second-order valence-electron chi connectivity index (χ2n) is 4.04. The van der Waals surface area contributed by atoms with E-state index in [0.717, 1.165) is 17.0 Å². The van der Waals surface area contributed by atoms with E-state index >= 15 is 0 Å². The van der Waals surface area contributed by atoms with Crippen molar-refractivity contribution in [1.82, 2.24) is 8.75 Å². The zero-order valence-corrected chi connectivity index (χ0v) is 11.3. The number of hydrogen-bond donors (Lipinski definition) is 2. The molecule has 0 aromatic carbocycles. The summed E-state index contributed by atoms with van der Waals surface area (Å²) < 4.78 is 9.78. The molecule has 0 aliphatic heterocycles. The Labute approximate surface area is 107 Å². The van der Waals surface area contributed by atoms with Crippen LogP contribution in [-0.2, 0) is 13.0 Å². The average molecular weight is 272 g/mol. The Morgan fingerprint density at radius 1 is 1.35 bits per heavy atom. The van der Waals surface area contributed by atoms with Crippen molar-refractivity contribution in [2.75, 3.05) is 0 Å². The van der Waals surface area contributed by atoms with Crippen LogP contribution >= 0.6 is 23.3 Å². The van der Waals surface area contributed by atoms with Gasteiger partial charge in [-0.25, -0.2) is 0 Å². The standard InChI is InChI=1S/C10H13N3O2S2/c1-6(2)9-10(15)13(17-12-9)4-3-7-5-8(14)11-16-7/h5-6H,3-4H2,1-2H3,(H,11,14)/p+1. The van der Waals surface area contributed by atoms with Gasteiger partial charge in [-0.3, -0.25) is 0 Å². The quantitative estimate of drug-likeness (QED) is 0.831. The molecule has 0 unspecified atom stereocenters. The van der Waals surface area contributed by atoms with Crippen LogP contribution in [0.25, 0.3) is 0 Å². The van der Waals surface area contributed by atoms with Crippen LogP contribution in [0.1, 0.15) is 30.3 Å². The van der Waals surface area contributed by atoms with Crippen LogP contribution in [0.5, 0.6) is 11.8 Å². The molecular weight excluding hydrogens is 258 g/mol. The molecule has 0 aliphatic carbocycles. The first kappa shape index (κ1) is 12.3. The Bertz CT molecular complexity index is 507. The highest BCUT2D eigenvalue weighted by Gasteiger charge is 2.24. The van der Waals surface area contributed by atoms with E-state index in [4.69, 9.17) is 5.11 Å². The summed E-state index contributed by atoms with van der Waals surface area (Å²) in [5.74, 6) is 0.532. The molecule has 0 aliphatic rings. The smallest absolute Gasteiger partial charge is 0.343 e. The maximum absolute atomic E-state index is 9.93. The summed E-state index contributed by atoms with van der Waals surface area (Å²) in [5.41, 5.74) is 0.738. The van der Waals surface area contributed by atoms with Crippen molar-refractivity contribution in [1.29, 1.82) is 0 Å². The zero-order valence-electron chi connectivity index (χ0n) is 9.62. The lowest BCUT2D eigenvalue weighted by Crippen LogP contribution is -2.29. The van der Waals surface area contributed by atoms with Gasteiger partial charge in [-0.15, -0.1) is 3.96 Å². The fraction of sp³-hybridized carbons (Fsp3) is 0.500. The molecule has 2 rings (SSSR count). The summed E-state index contributed by atoms with van der Waals surface area (Å²) in [6.45, 7) is 4.65. The molecule has 17 heavy (non-hydrogen) atoms. The number of nitrogens with zero attached hydrogens (tertiary/aromatic N) is 3. The van der Waals surface area contributed by atoms with Crippen molar-refractivity contribution in [3.05, 3.63) is 16.6 Å². The molecule has 0 saturated carbocycles. The molecule has 0 atom stereocenters. The summed E-state index contributed by atoms with van der Waals surface area (Å²) in [6, 6.07) is 1.65. The van der Waals surface area contributed by atoms with Crippen LogP contribution in [0.3, 0.4) is 0 Å². The van der Waals surface area contributed by atoms with Crippen LogP contribution < -0.4 is 3.96 Å². The largest absolute Gasteiger partial charge is 0.493 e. The number of hydrogen-bond acceptors (Lipinski definition) is 6. The van der Waals surface area contributed by atoms with Gasteiger partial charge >= 0.3 is 5.88 Å². The van der Waals surface area contributed by atoms with Crippen LogP contribution in [0.2, 0.25) is 0 Å². The van der Waals surface area contributed by atoms with E-state index in [-0.39, 0.29) is 17.7 Å². The molecular formula is C10H14N3O2S2+. The van der Waals surface area contributed by atoms with E-state index in [1.807, 2.05) is 13.8 Å². The lowest BCUT2D eigenvalue weighted by Gasteiger charge is -1.95. The molecule has 2 heterocycles. The van der Waals surface area contributed by atoms with Gasteiger partial charge in [0, 0.05) is 27.7 Å². The van der Waals surface area contributed by atoms with Crippen LogP contribution in [-0.4, -0.2) is 19.0 Å². The van der Waals surface area contributed by atoms with Gasteiger partial charge in [-0.1, -0.05) is 13.8 Å². The second-order valence-corrected chi connectivity index (χ2v) is 5.72. The minimum absolute atomic E-state index is 0.0615. The van der Waals surface area contributed by atoms with Crippen molar-refractivity contribution >= 4 is 23.3 Å². The SMILES string of the molecule is CC(C)c1ns[n+](CCc2cc(O)ns2)c1O. The van der Waals surface area contributed by atoms with Gasteiger partial charge in [-0.2, -0.15) is 4.37 Å². The van der Waals surface area contributed by atoms with Gasteiger partial charge in [0.1, 0.15) is 6.54 Å². The Hall–Kier alpha value is -1.21. The first-order chi connectivity index (χ1) is 8.08. The van der Waals surface area contributed by atoms with Gasteiger partial charge in [0.25, 0.3) is 17.4 Å². The first-order valence-electron chi connectivity index (χ1n) is 5.31. The summed E-state index contributed by atoms with van der Waals surface area (Å²) in [5, 5.41) is 19.0. The highest BCUT2D eigenvalue weighted by molar-refractivity contribution is 7.05. The second kappa shape index (κ2) is 4.97. The van der Waals surface area contributed by atoms with E-state index in [1.165, 1.54) is 23.3 Å². The fourth-order valence-electron chi connectivity index (χ4n) is 1.44. The topological polar surface area (TPSA) is 70.1 Å². The third-order valence-electron chi connectivity index (χ3n) is 2.36. The Kier molecular flexibility index (Phi) is 3.58. The molecule has 0 amide bonds. The van der Waals surface area contributed by atoms with Gasteiger partial charge in [-0.05, 0) is 11.5 Å². The number of aromatic nitrogens is 3. The van der Waals surface area contributed by atoms with Gasteiger partial charge in [0.15, 0.2) is 0 Å². The average Bonchev–Trinajstić information content (AvgIpc) is 2.82. The van der Waals surface area contributed by atoms with Gasteiger partial charge in [0.2, 0.25) is 5.88 Å². The third-order valence-corrected chi connectivity index (χ3v) is 4.02. The van der Waals surface area contributed by atoms with E-state index in [9.17, 15) is 5.11 Å². The number of rotatable bonds is 4. The highest BCUT2D eigenvalue weighted by Crippen LogP contribution is 2.21. The van der Waals surface area contributed by atoms with Crippen molar-refractivity contribution in [3.8, 4) is 11.8 Å². The predicted molar refractivity (Wildman–Crippen MR) is 65.5 cm³/mol. The lowest BCUT2D eigenvalue weighted by atomic mass is 10.1. The molecule has 0 fully saturated rings. The summed E-state index contributed by atoms with van der Waals surface area (Å²) in [6.07, 6.45) is 0.732. The van der Waals surface area contributed by atoms with Crippen LogP contribution in [0.15, 0.2) is 6.07 Å². The summed E-state index contributed by atoms with van der Waals surface area (Å²) in [4.78, 5) is 0.994. The van der Waals surface area contributed by atoms with E-state index < -0.39 is 0 Å². The zero-order chi connectivity index (χ0) is 12.4. The molecule has 7 heteroatoms. The number of aryl methyl sites for hydroxylation is 2. The molecule has 2 aromatic rings. The molecule has 92 valence electrons. The van der Waals surface area contributed by atoms with Crippen molar-refractivity contribution in [2.24, 2.45) is 0 Å². The van der Waals surface area contributed by atoms with Crippen LogP contribution in [0, 0.1) is 0 Å². The lowest BCUT2D eigenvalue weighted by molar-refractivity contribution is -0.636. The Morgan fingerprint density at radius 2 is 2.12 bits per heavy atom. The van der Waals surface area contributed by atoms with Crippen LogP contribution in [0.4, 0.5) is 0 Å². The van der Waals surface area contributed by atoms with Gasteiger partial charge < -0.3 is 10.2 Å². The maximum Gasteiger partial charge on any atom is 0.343 e. The molecule has 0 bridgehead atoms. The van der Waals surface area contributed by atoms with E-state index in [2.05, 4.69) is 8.75 Å². The molecule has 0 radical (unpaired) electrons. The molecule has 0 saturated heterocycles. The molecule has 2 aromatic heterocycles. The minimum Gasteiger partial charge on any atom is -0.493 e. The summed E-state index contributed by atoms with van der Waals surface area (Å²) >= 11 is 2.55. The molecule has 0 spiro atoms. The fourth-order valence-corrected chi connectivity index (χ4v) is 2.87. The Morgan fingerprint density at radius 3 is 2.65 bits per heavy atom. The molecule has 5 nitrogen and oxygen atoms in total. The minimum atomic E-state index is 0.0615. The Balaban J connectivity index is 2.04. The first-order valence-corrected chi connectivity index (χ1v) is 6.81. The third kappa shape index (κ3) is 2.73. The van der Waals surface area contributed by atoms with Crippen molar-refractivity contribution < 1.29 is 14.2 Å². The van der Waals surface area contributed by atoms with Crippen molar-refractivity contribution in [3.63, 3.8) is 0 Å². The highest BCUT2D eigenvalue weighted by atomic mass is 32.1. The van der Waals surface area contributed by atoms with E-state index in [1.54, 1.807) is 10.0 Å². The maximum atomic E-state index is 9.93.